The molecule has 0 bridgehead atoms. The van der Waals surface area contributed by atoms with E-state index in [1.54, 1.807) is 12.1 Å². The normalized spacial score (nSPS) is 13.5. The fourth-order valence-electron chi connectivity index (χ4n) is 3.06. The number of halogens is 1. The van der Waals surface area contributed by atoms with Crippen molar-refractivity contribution in [2.45, 2.75) is 37.9 Å². The summed E-state index contributed by atoms with van der Waals surface area (Å²) < 4.78 is 21.4. The Labute approximate surface area is 200 Å². The van der Waals surface area contributed by atoms with Crippen molar-refractivity contribution in [2.75, 3.05) is 0 Å². The number of aryl methyl sites for hydroxylation is 1. The highest BCUT2D eigenvalue weighted by atomic mass is 35.7. The van der Waals surface area contributed by atoms with Crippen LogP contribution in [0.15, 0.2) is 89.8 Å². The Kier molecular flexibility index (Phi) is 10.1. The van der Waals surface area contributed by atoms with Crippen molar-refractivity contribution in [3.05, 3.63) is 113 Å². The van der Waals surface area contributed by atoms with E-state index >= 15 is 0 Å². The molecule has 3 aromatic rings. The summed E-state index contributed by atoms with van der Waals surface area (Å²) in [7, 11) is 1.54. The average Bonchev–Trinajstić information content (AvgIpc) is 2.80. The van der Waals surface area contributed by atoms with Crippen LogP contribution < -0.4 is 0 Å². The molecule has 2 N–H and O–H groups in total. The van der Waals surface area contributed by atoms with Crippen molar-refractivity contribution in [1.82, 2.24) is 0 Å². The summed E-state index contributed by atoms with van der Waals surface area (Å²) in [5.41, 5.74) is 4.57. The zero-order valence-corrected chi connectivity index (χ0v) is 20.5. The average molecular weight is 485 g/mol. The Bertz CT molecular complexity index is 1100. The number of aliphatic hydroxyl groups excluding tert-OH is 2. The molecule has 6 heteroatoms. The van der Waals surface area contributed by atoms with E-state index in [2.05, 4.69) is 0 Å². The lowest BCUT2D eigenvalue weighted by atomic mass is 9.97. The summed E-state index contributed by atoms with van der Waals surface area (Å²) >= 11 is 0. The third kappa shape index (κ3) is 8.30. The van der Waals surface area contributed by atoms with Gasteiger partial charge in [0.1, 0.15) is 12.2 Å². The highest BCUT2D eigenvalue weighted by Gasteiger charge is 2.19. The van der Waals surface area contributed by atoms with Gasteiger partial charge in [0.2, 0.25) is 0 Å². The van der Waals surface area contributed by atoms with Crippen molar-refractivity contribution in [3.63, 3.8) is 0 Å². The fraction of sp³-hybridized carbons (Fsp3) is 0.185. The first-order valence-corrected chi connectivity index (χ1v) is 12.8. The lowest BCUT2D eigenvalue weighted by Crippen LogP contribution is -2.10. The van der Waals surface area contributed by atoms with Crippen LogP contribution in [0.25, 0.3) is 12.2 Å². The predicted octanol–water partition coefficient (Wildman–Crippen LogP) is 6.44. The minimum absolute atomic E-state index is 0.143. The van der Waals surface area contributed by atoms with E-state index < -0.39 is 21.3 Å². The van der Waals surface area contributed by atoms with Gasteiger partial charge in [-0.05, 0) is 55.2 Å². The zero-order chi connectivity index (χ0) is 24.4. The molecule has 3 rings (SSSR count). The lowest BCUT2D eigenvalue weighted by molar-refractivity contribution is 0.0172. The van der Waals surface area contributed by atoms with Crippen LogP contribution in [0.3, 0.4) is 0 Å². The van der Waals surface area contributed by atoms with Gasteiger partial charge in [0.05, 0.1) is 4.90 Å². The number of allylic oxidation sites excluding steroid dienone is 2. The Morgan fingerprint density at radius 1 is 0.697 bits per heavy atom. The molecule has 0 radical (unpaired) electrons. The van der Waals surface area contributed by atoms with Crippen LogP contribution in [0.1, 0.15) is 53.9 Å². The molecule has 0 spiro atoms. The molecule has 2 atom stereocenters. The second-order valence-electron chi connectivity index (χ2n) is 7.47. The third-order valence-electron chi connectivity index (χ3n) is 4.88. The quantitative estimate of drug-likeness (QED) is 0.394. The van der Waals surface area contributed by atoms with Crippen molar-refractivity contribution in [2.24, 2.45) is 0 Å². The summed E-state index contributed by atoms with van der Waals surface area (Å²) in [6, 6.07) is 21.5. The second kappa shape index (κ2) is 12.5. The molecule has 3 aromatic carbocycles. The Morgan fingerprint density at radius 3 is 1.36 bits per heavy atom. The van der Waals surface area contributed by atoms with Gasteiger partial charge in [0.15, 0.2) is 0 Å². The Balaban J connectivity index is 0.000000294. The van der Waals surface area contributed by atoms with Crippen molar-refractivity contribution < 1.29 is 18.6 Å². The molecule has 33 heavy (non-hydrogen) atoms. The third-order valence-corrected chi connectivity index (χ3v) is 6.25. The topological polar surface area (TPSA) is 74.6 Å². The summed E-state index contributed by atoms with van der Waals surface area (Å²) in [5.74, 6) is 0. The molecule has 0 aliphatic carbocycles. The van der Waals surface area contributed by atoms with Crippen LogP contribution in [0.2, 0.25) is 0 Å². The van der Waals surface area contributed by atoms with Gasteiger partial charge in [-0.2, -0.15) is 0 Å². The number of benzene rings is 3. The van der Waals surface area contributed by atoms with Gasteiger partial charge in [-0.3, -0.25) is 0 Å². The largest absolute Gasteiger partial charge is 0.385 e. The molecule has 0 saturated heterocycles. The van der Waals surface area contributed by atoms with E-state index in [0.29, 0.717) is 11.1 Å². The van der Waals surface area contributed by atoms with E-state index in [0.717, 1.165) is 16.7 Å². The van der Waals surface area contributed by atoms with Crippen LogP contribution in [0.5, 0.6) is 0 Å². The molecule has 174 valence electrons. The molecule has 0 aromatic heterocycles. The maximum absolute atomic E-state index is 10.7. The van der Waals surface area contributed by atoms with Crippen molar-refractivity contribution >= 4 is 31.9 Å². The van der Waals surface area contributed by atoms with Crippen LogP contribution in [-0.4, -0.2) is 18.6 Å². The van der Waals surface area contributed by atoms with Gasteiger partial charge in [0, 0.05) is 10.7 Å². The van der Waals surface area contributed by atoms with Crippen molar-refractivity contribution in [3.8, 4) is 0 Å². The summed E-state index contributed by atoms with van der Waals surface area (Å²) in [4.78, 5) is 0.143. The predicted molar refractivity (Wildman–Crippen MR) is 136 cm³/mol. The molecule has 0 aliphatic rings. The number of hydrogen-bond donors (Lipinski definition) is 2. The molecule has 4 nitrogen and oxygen atoms in total. The standard InChI is InChI=1S/C20H22O2.C7H7ClO2S/c1-3-5-15-7-11-17(12-8-15)19(21)20(22)18-13-9-16(6-4-2)10-14-18;1-6-2-4-7(5-3-6)11(8,9)10/h3-14,19-22H,1-2H3;2-5H,1H3/b5-3+,6-4+;. The van der Waals surface area contributed by atoms with Crippen LogP contribution in [0, 0.1) is 6.92 Å². The summed E-state index contributed by atoms with van der Waals surface area (Å²) in [5, 5.41) is 20.7. The van der Waals surface area contributed by atoms with Gasteiger partial charge in [-0.1, -0.05) is 90.5 Å². The van der Waals surface area contributed by atoms with Crippen molar-refractivity contribution in [1.29, 1.82) is 0 Å². The van der Waals surface area contributed by atoms with Gasteiger partial charge < -0.3 is 10.2 Å². The number of hydrogen-bond acceptors (Lipinski definition) is 4. The lowest BCUT2D eigenvalue weighted by Gasteiger charge is -2.19. The molecule has 0 heterocycles. The minimum Gasteiger partial charge on any atom is -0.385 e. The highest BCUT2D eigenvalue weighted by molar-refractivity contribution is 8.13. The number of rotatable bonds is 6. The SMILES string of the molecule is C/C=C/c1ccc(C(O)C(O)c2ccc(/C=C/C)cc2)cc1.Cc1ccc(S(=O)(=O)Cl)cc1. The molecule has 2 unspecified atom stereocenters. The van der Waals surface area contributed by atoms with Crippen LogP contribution >= 0.6 is 10.7 Å². The van der Waals surface area contributed by atoms with Crippen LogP contribution in [0.4, 0.5) is 0 Å². The Hall–Kier alpha value is -2.70. The van der Waals surface area contributed by atoms with E-state index in [1.165, 1.54) is 12.1 Å². The van der Waals surface area contributed by atoms with E-state index in [4.69, 9.17) is 10.7 Å². The van der Waals surface area contributed by atoms with E-state index in [9.17, 15) is 18.6 Å². The molecule has 0 fully saturated rings. The minimum atomic E-state index is -3.55. The monoisotopic (exact) mass is 484 g/mol. The first kappa shape index (κ1) is 26.6. The molecule has 0 saturated carbocycles. The maximum atomic E-state index is 10.7. The smallest absolute Gasteiger partial charge is 0.261 e. The number of aliphatic hydroxyl groups is 2. The first-order chi connectivity index (χ1) is 15.7. The Morgan fingerprint density at radius 2 is 1.06 bits per heavy atom. The summed E-state index contributed by atoms with van der Waals surface area (Å²) in [6.07, 6.45) is 6.04. The van der Waals surface area contributed by atoms with E-state index in [-0.39, 0.29) is 4.90 Å². The first-order valence-electron chi connectivity index (χ1n) is 10.5. The van der Waals surface area contributed by atoms with Gasteiger partial charge in [0.25, 0.3) is 9.05 Å². The fourth-order valence-corrected chi connectivity index (χ4v) is 3.83. The maximum Gasteiger partial charge on any atom is 0.261 e. The highest BCUT2D eigenvalue weighted by Crippen LogP contribution is 2.29. The molecular weight excluding hydrogens is 456 g/mol. The summed E-state index contributed by atoms with van der Waals surface area (Å²) in [6.45, 7) is 5.80. The zero-order valence-electron chi connectivity index (χ0n) is 18.9. The van der Waals surface area contributed by atoms with Gasteiger partial charge in [-0.15, -0.1) is 0 Å². The van der Waals surface area contributed by atoms with E-state index in [1.807, 2.05) is 93.6 Å². The van der Waals surface area contributed by atoms with Gasteiger partial charge in [-0.25, -0.2) is 8.42 Å². The molecule has 0 aliphatic heterocycles. The van der Waals surface area contributed by atoms with Crippen LogP contribution in [-0.2, 0) is 9.05 Å². The van der Waals surface area contributed by atoms with Gasteiger partial charge >= 0.3 is 0 Å². The second-order valence-corrected chi connectivity index (χ2v) is 10.0. The molecular formula is C27H29ClO4S. The molecule has 0 amide bonds.